The van der Waals surface area contributed by atoms with Crippen LogP contribution in [-0.2, 0) is 6.18 Å². The number of anilines is 2. The SMILES string of the molecule is FC(F)(F)c1cccc(-c2nc(Cl)cc(Nc3ccc(Cl)cc3Cl)n2)c1. The maximum Gasteiger partial charge on any atom is 0.416 e. The van der Waals surface area contributed by atoms with Crippen LogP contribution in [-0.4, -0.2) is 9.97 Å². The van der Waals surface area contributed by atoms with E-state index in [1.54, 1.807) is 18.2 Å². The van der Waals surface area contributed by atoms with Crippen molar-refractivity contribution in [2.75, 3.05) is 5.32 Å². The lowest BCUT2D eigenvalue weighted by Crippen LogP contribution is -2.05. The molecule has 0 saturated heterocycles. The third-order valence-corrected chi connectivity index (χ3v) is 4.08. The second-order valence-electron chi connectivity index (χ2n) is 5.23. The molecule has 134 valence electrons. The van der Waals surface area contributed by atoms with E-state index >= 15 is 0 Å². The molecular weight excluding hydrogens is 410 g/mol. The summed E-state index contributed by atoms with van der Waals surface area (Å²) in [6, 6.07) is 10.9. The maximum absolute atomic E-state index is 12.9. The van der Waals surface area contributed by atoms with Gasteiger partial charge in [-0.15, -0.1) is 0 Å². The molecule has 1 N–H and O–H groups in total. The third-order valence-electron chi connectivity index (χ3n) is 3.34. The Morgan fingerprint density at radius 2 is 1.65 bits per heavy atom. The largest absolute Gasteiger partial charge is 0.416 e. The number of nitrogens with zero attached hydrogens (tertiary/aromatic N) is 2. The predicted octanol–water partition coefficient (Wildman–Crippen LogP) is 6.87. The van der Waals surface area contributed by atoms with Crippen LogP contribution >= 0.6 is 34.8 Å². The van der Waals surface area contributed by atoms with Crippen LogP contribution in [0.5, 0.6) is 0 Å². The Kier molecular flexibility index (Phi) is 5.27. The molecular formula is C17H9Cl3F3N3. The number of alkyl halides is 3. The molecule has 0 atom stereocenters. The van der Waals surface area contributed by atoms with E-state index in [1.807, 2.05) is 0 Å². The molecule has 3 rings (SSSR count). The van der Waals surface area contributed by atoms with Gasteiger partial charge in [0.1, 0.15) is 11.0 Å². The Morgan fingerprint density at radius 3 is 2.35 bits per heavy atom. The maximum atomic E-state index is 12.9. The van der Waals surface area contributed by atoms with E-state index in [0.29, 0.717) is 15.7 Å². The van der Waals surface area contributed by atoms with Crippen molar-refractivity contribution in [1.82, 2.24) is 9.97 Å². The minimum Gasteiger partial charge on any atom is -0.339 e. The monoisotopic (exact) mass is 417 g/mol. The summed E-state index contributed by atoms with van der Waals surface area (Å²) in [7, 11) is 0. The molecule has 1 heterocycles. The second-order valence-corrected chi connectivity index (χ2v) is 6.46. The molecule has 0 spiro atoms. The Labute approximate surface area is 161 Å². The predicted molar refractivity (Wildman–Crippen MR) is 97.2 cm³/mol. The number of halogens is 6. The topological polar surface area (TPSA) is 37.8 Å². The standard InChI is InChI=1S/C17H9Cl3F3N3/c18-11-4-5-13(12(19)7-11)24-15-8-14(20)25-16(26-15)9-2-1-3-10(6-9)17(21,22)23/h1-8H,(H,24,25,26). The first-order valence-electron chi connectivity index (χ1n) is 7.17. The van der Waals surface area contributed by atoms with Crippen molar-refractivity contribution in [3.05, 3.63) is 69.3 Å². The van der Waals surface area contributed by atoms with Gasteiger partial charge >= 0.3 is 6.18 Å². The number of benzene rings is 2. The molecule has 3 aromatic rings. The molecule has 1 aromatic heterocycles. The van der Waals surface area contributed by atoms with Gasteiger partial charge in [-0.25, -0.2) is 9.97 Å². The van der Waals surface area contributed by atoms with Crippen molar-refractivity contribution in [2.24, 2.45) is 0 Å². The minimum absolute atomic E-state index is 0.0520. The summed E-state index contributed by atoms with van der Waals surface area (Å²) in [6.07, 6.45) is -4.47. The van der Waals surface area contributed by atoms with Gasteiger partial charge in [-0.1, -0.05) is 46.9 Å². The van der Waals surface area contributed by atoms with Crippen LogP contribution in [0.2, 0.25) is 15.2 Å². The van der Waals surface area contributed by atoms with E-state index in [0.717, 1.165) is 12.1 Å². The van der Waals surface area contributed by atoms with E-state index in [9.17, 15) is 13.2 Å². The fourth-order valence-corrected chi connectivity index (χ4v) is 2.81. The van der Waals surface area contributed by atoms with E-state index in [4.69, 9.17) is 34.8 Å². The quantitative estimate of drug-likeness (QED) is 0.472. The molecule has 0 fully saturated rings. The average molecular weight is 419 g/mol. The number of hydrogen-bond donors (Lipinski definition) is 1. The Balaban J connectivity index is 1.98. The number of aromatic nitrogens is 2. The number of hydrogen-bond acceptors (Lipinski definition) is 3. The highest BCUT2D eigenvalue weighted by atomic mass is 35.5. The van der Waals surface area contributed by atoms with Crippen LogP contribution in [0.25, 0.3) is 11.4 Å². The molecule has 26 heavy (non-hydrogen) atoms. The van der Waals surface area contributed by atoms with E-state index in [1.165, 1.54) is 18.2 Å². The number of nitrogens with one attached hydrogen (secondary N) is 1. The van der Waals surface area contributed by atoms with Gasteiger partial charge in [-0.3, -0.25) is 0 Å². The van der Waals surface area contributed by atoms with Crippen molar-refractivity contribution in [2.45, 2.75) is 6.18 Å². The Morgan fingerprint density at radius 1 is 0.885 bits per heavy atom. The summed E-state index contributed by atoms with van der Waals surface area (Å²) in [5.41, 5.74) is -0.0952. The first-order valence-corrected chi connectivity index (χ1v) is 8.30. The van der Waals surface area contributed by atoms with Crippen LogP contribution in [0.15, 0.2) is 48.5 Å². The molecule has 0 bridgehead atoms. The highest BCUT2D eigenvalue weighted by Gasteiger charge is 2.30. The molecule has 0 saturated carbocycles. The summed E-state index contributed by atoms with van der Waals surface area (Å²) in [6.45, 7) is 0. The van der Waals surface area contributed by atoms with Gasteiger partial charge in [-0.05, 0) is 30.3 Å². The summed E-state index contributed by atoms with van der Waals surface area (Å²) in [5.74, 6) is 0.331. The van der Waals surface area contributed by atoms with E-state index in [-0.39, 0.29) is 22.4 Å². The van der Waals surface area contributed by atoms with E-state index in [2.05, 4.69) is 15.3 Å². The van der Waals surface area contributed by atoms with Gasteiger partial charge in [-0.2, -0.15) is 13.2 Å². The lowest BCUT2D eigenvalue weighted by atomic mass is 10.1. The van der Waals surface area contributed by atoms with Gasteiger partial charge < -0.3 is 5.32 Å². The lowest BCUT2D eigenvalue weighted by Gasteiger charge is -2.11. The van der Waals surface area contributed by atoms with Crippen molar-refractivity contribution in [3.8, 4) is 11.4 Å². The fraction of sp³-hybridized carbons (Fsp3) is 0.0588. The minimum atomic E-state index is -4.47. The third kappa shape index (κ3) is 4.38. The van der Waals surface area contributed by atoms with Crippen LogP contribution in [0.1, 0.15) is 5.56 Å². The summed E-state index contributed by atoms with van der Waals surface area (Å²) < 4.78 is 38.7. The normalized spacial score (nSPS) is 11.5. The molecule has 0 aliphatic heterocycles. The van der Waals surface area contributed by atoms with Crippen LogP contribution in [0, 0.1) is 0 Å². The van der Waals surface area contributed by atoms with Crippen LogP contribution in [0.3, 0.4) is 0 Å². The molecule has 2 aromatic carbocycles. The molecule has 9 heteroatoms. The summed E-state index contributed by atoms with van der Waals surface area (Å²) in [5, 5.41) is 3.83. The van der Waals surface area contributed by atoms with Crippen molar-refractivity contribution in [3.63, 3.8) is 0 Å². The van der Waals surface area contributed by atoms with Crippen LogP contribution in [0.4, 0.5) is 24.7 Å². The molecule has 0 amide bonds. The zero-order valence-corrected chi connectivity index (χ0v) is 15.0. The molecule has 3 nitrogen and oxygen atoms in total. The van der Waals surface area contributed by atoms with Gasteiger partial charge in [0, 0.05) is 16.7 Å². The first-order chi connectivity index (χ1) is 12.2. The van der Waals surface area contributed by atoms with Crippen LogP contribution < -0.4 is 5.32 Å². The van der Waals surface area contributed by atoms with Gasteiger partial charge in [0.2, 0.25) is 0 Å². The van der Waals surface area contributed by atoms with Crippen molar-refractivity contribution in [1.29, 1.82) is 0 Å². The second kappa shape index (κ2) is 7.31. The fourth-order valence-electron chi connectivity index (χ4n) is 2.17. The summed E-state index contributed by atoms with van der Waals surface area (Å²) in [4.78, 5) is 8.22. The highest BCUT2D eigenvalue weighted by molar-refractivity contribution is 6.36. The van der Waals surface area contributed by atoms with E-state index < -0.39 is 11.7 Å². The van der Waals surface area contributed by atoms with Crippen molar-refractivity contribution >= 4 is 46.3 Å². The van der Waals surface area contributed by atoms with Gasteiger partial charge in [0.25, 0.3) is 0 Å². The number of rotatable bonds is 3. The summed E-state index contributed by atoms with van der Waals surface area (Å²) >= 11 is 17.9. The molecule has 0 aliphatic carbocycles. The van der Waals surface area contributed by atoms with Gasteiger partial charge in [0.05, 0.1) is 16.3 Å². The zero-order chi connectivity index (χ0) is 18.9. The zero-order valence-electron chi connectivity index (χ0n) is 12.8. The lowest BCUT2D eigenvalue weighted by molar-refractivity contribution is -0.137. The highest BCUT2D eigenvalue weighted by Crippen LogP contribution is 2.33. The molecule has 0 aliphatic rings. The Hall–Kier alpha value is -2.02. The molecule has 0 radical (unpaired) electrons. The smallest absolute Gasteiger partial charge is 0.339 e. The average Bonchev–Trinajstić information content (AvgIpc) is 2.56. The first kappa shape index (κ1) is 18.8. The Bertz CT molecular complexity index is 961. The molecule has 0 unspecified atom stereocenters. The van der Waals surface area contributed by atoms with Crippen molar-refractivity contribution < 1.29 is 13.2 Å². The van der Waals surface area contributed by atoms with Gasteiger partial charge in [0.15, 0.2) is 5.82 Å².